The van der Waals surface area contributed by atoms with Crippen molar-refractivity contribution in [2.24, 2.45) is 0 Å². The van der Waals surface area contributed by atoms with Gasteiger partial charge in [-0.15, -0.1) is 0 Å². The third-order valence-electron chi connectivity index (χ3n) is 3.07. The van der Waals surface area contributed by atoms with E-state index in [1.54, 1.807) is 6.92 Å². The highest BCUT2D eigenvalue weighted by molar-refractivity contribution is 7.92. The van der Waals surface area contributed by atoms with E-state index in [1.165, 1.54) is 36.4 Å². The smallest absolute Gasteiger partial charge is 0.339 e. The number of sulfonamides is 1. The molecule has 0 bridgehead atoms. The Labute approximate surface area is 139 Å². The molecule has 0 amide bonds. The van der Waals surface area contributed by atoms with Crippen molar-refractivity contribution in [3.63, 3.8) is 0 Å². The molecule has 0 aliphatic rings. The van der Waals surface area contributed by atoms with Gasteiger partial charge in [-0.1, -0.05) is 12.1 Å². The van der Waals surface area contributed by atoms with Crippen LogP contribution < -0.4 is 9.46 Å². The molecule has 0 fully saturated rings. The molecule has 6 nitrogen and oxygen atoms in total. The first kappa shape index (κ1) is 17.7. The molecular formula is C16H16FNO5S. The first-order chi connectivity index (χ1) is 11.4. The van der Waals surface area contributed by atoms with Crippen LogP contribution in [-0.4, -0.2) is 28.1 Å². The molecule has 8 heteroatoms. The van der Waals surface area contributed by atoms with Gasteiger partial charge in [0.15, 0.2) is 11.6 Å². The fraction of sp³-hybridized carbons (Fsp3) is 0.188. The Morgan fingerprint density at radius 3 is 2.54 bits per heavy atom. The highest BCUT2D eigenvalue weighted by Crippen LogP contribution is 2.24. The maximum absolute atomic E-state index is 13.8. The lowest BCUT2D eigenvalue weighted by Crippen LogP contribution is -2.17. The number of hydrogen-bond donors (Lipinski definition) is 1. The number of anilines is 1. The summed E-state index contributed by atoms with van der Waals surface area (Å²) < 4.78 is 50.7. The Hall–Kier alpha value is -2.61. The molecule has 128 valence electrons. The van der Waals surface area contributed by atoms with E-state index >= 15 is 0 Å². The van der Waals surface area contributed by atoms with Crippen LogP contribution in [-0.2, 0) is 14.8 Å². The number of benzene rings is 2. The van der Waals surface area contributed by atoms with E-state index in [-0.39, 0.29) is 28.5 Å². The predicted molar refractivity (Wildman–Crippen MR) is 86.2 cm³/mol. The first-order valence-corrected chi connectivity index (χ1v) is 8.50. The van der Waals surface area contributed by atoms with E-state index in [4.69, 9.17) is 4.74 Å². The molecule has 0 saturated heterocycles. The topological polar surface area (TPSA) is 81.7 Å². The molecule has 0 atom stereocenters. The molecule has 0 heterocycles. The van der Waals surface area contributed by atoms with E-state index in [1.807, 2.05) is 0 Å². The molecule has 0 radical (unpaired) electrons. The van der Waals surface area contributed by atoms with Gasteiger partial charge in [0.2, 0.25) is 0 Å². The third-order valence-corrected chi connectivity index (χ3v) is 4.51. The van der Waals surface area contributed by atoms with Crippen molar-refractivity contribution in [1.82, 2.24) is 0 Å². The van der Waals surface area contributed by atoms with Gasteiger partial charge < -0.3 is 9.47 Å². The maximum Gasteiger partial charge on any atom is 0.339 e. The summed E-state index contributed by atoms with van der Waals surface area (Å²) in [4.78, 5) is 11.5. The molecule has 0 aliphatic carbocycles. The van der Waals surface area contributed by atoms with Gasteiger partial charge in [-0.2, -0.15) is 0 Å². The number of methoxy groups -OCH3 is 1. The number of hydrogen-bond acceptors (Lipinski definition) is 5. The van der Waals surface area contributed by atoms with Gasteiger partial charge in [-0.3, -0.25) is 4.72 Å². The van der Waals surface area contributed by atoms with Crippen molar-refractivity contribution in [2.75, 3.05) is 18.4 Å². The number of carbonyl (C=O) groups is 1. The number of ether oxygens (including phenoxy) is 2. The molecule has 0 spiro atoms. The number of carbonyl (C=O) groups excluding carboxylic acids is 1. The normalized spacial score (nSPS) is 11.0. The molecule has 0 saturated carbocycles. The minimum Gasteiger partial charge on any atom is -0.491 e. The van der Waals surface area contributed by atoms with Crippen LogP contribution in [0.3, 0.4) is 0 Å². The molecule has 2 rings (SSSR count). The molecule has 1 N–H and O–H groups in total. The van der Waals surface area contributed by atoms with Crippen LogP contribution in [0, 0.1) is 5.82 Å². The van der Waals surface area contributed by atoms with Gasteiger partial charge in [0.25, 0.3) is 10.0 Å². The highest BCUT2D eigenvalue weighted by atomic mass is 32.2. The minimum atomic E-state index is -4.10. The van der Waals surface area contributed by atoms with Crippen molar-refractivity contribution in [1.29, 1.82) is 0 Å². The SMILES string of the molecule is CCOc1ccc(NS(=O)(=O)c2ccccc2C(=O)OC)cc1F. The molecular weight excluding hydrogens is 337 g/mol. The predicted octanol–water partition coefficient (Wildman–Crippen LogP) is 2.81. The second-order valence-corrected chi connectivity index (χ2v) is 6.32. The average molecular weight is 353 g/mol. The lowest BCUT2D eigenvalue weighted by Gasteiger charge is -2.12. The Morgan fingerprint density at radius 2 is 1.92 bits per heavy atom. The summed E-state index contributed by atoms with van der Waals surface area (Å²) >= 11 is 0. The second kappa shape index (κ2) is 7.31. The van der Waals surface area contributed by atoms with Gasteiger partial charge in [-0.05, 0) is 31.2 Å². The van der Waals surface area contributed by atoms with Gasteiger partial charge >= 0.3 is 5.97 Å². The average Bonchev–Trinajstić information content (AvgIpc) is 2.56. The largest absolute Gasteiger partial charge is 0.491 e. The summed E-state index contributed by atoms with van der Waals surface area (Å²) in [5, 5.41) is 0. The van der Waals surface area contributed by atoms with Crippen LogP contribution >= 0.6 is 0 Å². The van der Waals surface area contributed by atoms with Crippen LogP contribution in [0.4, 0.5) is 10.1 Å². The van der Waals surface area contributed by atoms with Crippen molar-refractivity contribution in [3.05, 3.63) is 53.8 Å². The molecule has 24 heavy (non-hydrogen) atoms. The van der Waals surface area contributed by atoms with E-state index in [9.17, 15) is 17.6 Å². The Kier molecular flexibility index (Phi) is 5.40. The quantitative estimate of drug-likeness (QED) is 0.808. The van der Waals surface area contributed by atoms with E-state index in [2.05, 4.69) is 9.46 Å². The number of nitrogens with one attached hydrogen (secondary N) is 1. The number of rotatable bonds is 6. The zero-order valence-corrected chi connectivity index (χ0v) is 13.9. The lowest BCUT2D eigenvalue weighted by atomic mass is 10.2. The van der Waals surface area contributed by atoms with Crippen molar-refractivity contribution >= 4 is 21.7 Å². The van der Waals surface area contributed by atoms with Gasteiger partial charge in [0, 0.05) is 6.07 Å². The van der Waals surface area contributed by atoms with E-state index in [0.29, 0.717) is 0 Å². The van der Waals surface area contributed by atoms with Crippen molar-refractivity contribution in [3.8, 4) is 5.75 Å². The molecule has 0 aromatic heterocycles. The summed E-state index contributed by atoms with van der Waals surface area (Å²) in [5.41, 5.74) is -0.102. The molecule has 0 unspecified atom stereocenters. The second-order valence-electron chi connectivity index (χ2n) is 4.67. The Bertz CT molecular complexity index is 851. The zero-order chi connectivity index (χ0) is 17.7. The fourth-order valence-corrected chi connectivity index (χ4v) is 3.27. The van der Waals surface area contributed by atoms with Crippen LogP contribution in [0.1, 0.15) is 17.3 Å². The molecule has 2 aromatic rings. The summed E-state index contributed by atoms with van der Waals surface area (Å²) in [5.74, 6) is -1.46. The van der Waals surface area contributed by atoms with Crippen LogP contribution in [0.2, 0.25) is 0 Å². The zero-order valence-electron chi connectivity index (χ0n) is 13.1. The lowest BCUT2D eigenvalue weighted by molar-refractivity contribution is 0.0596. The first-order valence-electron chi connectivity index (χ1n) is 7.01. The Morgan fingerprint density at radius 1 is 1.21 bits per heavy atom. The molecule has 0 aliphatic heterocycles. The fourth-order valence-electron chi connectivity index (χ4n) is 2.03. The van der Waals surface area contributed by atoms with Crippen LogP contribution in [0.5, 0.6) is 5.75 Å². The van der Waals surface area contributed by atoms with Crippen LogP contribution in [0.15, 0.2) is 47.4 Å². The monoisotopic (exact) mass is 353 g/mol. The standard InChI is InChI=1S/C16H16FNO5S/c1-3-23-14-9-8-11(10-13(14)17)18-24(20,21)15-7-5-4-6-12(15)16(19)22-2/h4-10,18H,3H2,1-2H3. The summed E-state index contributed by atoms with van der Waals surface area (Å²) in [7, 11) is -2.95. The van der Waals surface area contributed by atoms with Crippen molar-refractivity contribution < 1.29 is 27.1 Å². The van der Waals surface area contributed by atoms with Crippen molar-refractivity contribution in [2.45, 2.75) is 11.8 Å². The summed E-state index contributed by atoms with van der Waals surface area (Å²) in [6.07, 6.45) is 0. The van der Waals surface area contributed by atoms with Crippen LogP contribution in [0.25, 0.3) is 0 Å². The highest BCUT2D eigenvalue weighted by Gasteiger charge is 2.23. The van der Waals surface area contributed by atoms with E-state index in [0.717, 1.165) is 13.2 Å². The molecule has 2 aromatic carbocycles. The van der Waals surface area contributed by atoms with Gasteiger partial charge in [0.05, 0.1) is 25.0 Å². The number of halogens is 1. The van der Waals surface area contributed by atoms with E-state index < -0.39 is 21.8 Å². The summed E-state index contributed by atoms with van der Waals surface area (Å²) in [6.45, 7) is 1.99. The van der Waals surface area contributed by atoms with Gasteiger partial charge in [0.1, 0.15) is 4.90 Å². The third kappa shape index (κ3) is 3.83. The maximum atomic E-state index is 13.8. The Balaban J connectivity index is 2.36. The summed E-state index contributed by atoms with van der Waals surface area (Å²) in [6, 6.07) is 9.28. The minimum absolute atomic E-state index is 0.00984. The van der Waals surface area contributed by atoms with Gasteiger partial charge in [-0.25, -0.2) is 17.6 Å². The number of esters is 1.